The van der Waals surface area contributed by atoms with Gasteiger partial charge in [0.2, 0.25) is 5.91 Å². The maximum atomic E-state index is 13.7. The van der Waals surface area contributed by atoms with E-state index >= 15 is 0 Å². The van der Waals surface area contributed by atoms with Gasteiger partial charge in [0, 0.05) is 6.42 Å². The van der Waals surface area contributed by atoms with Crippen molar-refractivity contribution in [3.8, 4) is 0 Å². The lowest BCUT2D eigenvalue weighted by atomic mass is 9.96. The van der Waals surface area contributed by atoms with Crippen molar-refractivity contribution in [1.29, 1.82) is 0 Å². The van der Waals surface area contributed by atoms with Crippen molar-refractivity contribution in [2.75, 3.05) is 6.61 Å². The van der Waals surface area contributed by atoms with Crippen LogP contribution in [0.3, 0.4) is 0 Å². The van der Waals surface area contributed by atoms with Gasteiger partial charge in [-0.25, -0.2) is 4.57 Å². The fourth-order valence-electron chi connectivity index (χ4n) is 8.17. The molecule has 0 radical (unpaired) electrons. The molecule has 7 atom stereocenters. The molecule has 1 amide bonds. The van der Waals surface area contributed by atoms with Crippen molar-refractivity contribution in [2.24, 2.45) is 0 Å². The van der Waals surface area contributed by atoms with Crippen LogP contribution in [0.5, 0.6) is 0 Å². The second kappa shape index (κ2) is 37.6. The van der Waals surface area contributed by atoms with Crippen LogP contribution in [0.2, 0.25) is 0 Å². The smallest absolute Gasteiger partial charge is 0.462 e. The Kier molecular flexibility index (Phi) is 35.4. The first-order valence-corrected chi connectivity index (χ1v) is 26.4. The number of rotatable bonds is 41. The fourth-order valence-corrected chi connectivity index (χ4v) is 8.74. The molecule has 0 aromatic carbocycles. The summed E-state index contributed by atoms with van der Waals surface area (Å²) >= 11 is 0. The Hall–Kier alpha value is -1.64. The number of nitrogens with one attached hydrogen (secondary N) is 1. The summed E-state index contributed by atoms with van der Waals surface area (Å²) in [6.45, 7) is 5.71. The molecule has 0 spiro atoms. The minimum Gasteiger partial charge on any atom is -0.462 e. The molecule has 15 heteroatoms. The SMILES string of the molecule is CCCCCCCCCCCCC(=O)O[C@H](CCCCCCCCCCC)CC(=O)O[C@@H]1[C@@H](NC(=O)C[C@H](O)CCCCCCCCCCC)[C@H](O)O[C@H](CO)[C@H]1OP(=O)(O)O. The highest BCUT2D eigenvalue weighted by Crippen LogP contribution is 2.42. The van der Waals surface area contributed by atoms with E-state index in [1.54, 1.807) is 0 Å². The molecule has 0 aromatic rings. The molecule has 14 nitrogen and oxygen atoms in total. The summed E-state index contributed by atoms with van der Waals surface area (Å²) in [5.41, 5.74) is 0. The topological polar surface area (TPSA) is 218 Å². The number of ether oxygens (including phenoxy) is 3. The largest absolute Gasteiger partial charge is 0.470 e. The summed E-state index contributed by atoms with van der Waals surface area (Å²) < 4.78 is 34.0. The number of unbranched alkanes of at least 4 members (excludes halogenated alkanes) is 25. The minimum absolute atomic E-state index is 0.210. The number of hydrogen-bond acceptors (Lipinski definition) is 11. The van der Waals surface area contributed by atoms with Crippen molar-refractivity contribution in [3.63, 3.8) is 0 Å². The normalized spacial score (nSPS) is 20.2. The van der Waals surface area contributed by atoms with Gasteiger partial charge in [-0.1, -0.05) is 188 Å². The Bertz CT molecular complexity index is 1170. The average molecular weight is 908 g/mol. The Morgan fingerprint density at radius 2 is 1.05 bits per heavy atom. The van der Waals surface area contributed by atoms with Gasteiger partial charge < -0.3 is 44.6 Å². The number of carbonyl (C=O) groups excluding carboxylic acids is 3. The van der Waals surface area contributed by atoms with Crippen LogP contribution in [0.15, 0.2) is 0 Å². The molecule has 1 saturated heterocycles. The van der Waals surface area contributed by atoms with Crippen LogP contribution in [0.4, 0.5) is 0 Å². The van der Waals surface area contributed by atoms with Crippen LogP contribution in [-0.4, -0.2) is 92.4 Å². The predicted octanol–water partition coefficient (Wildman–Crippen LogP) is 9.78. The molecular weight excluding hydrogens is 817 g/mol. The zero-order valence-electron chi connectivity index (χ0n) is 39.0. The molecule has 1 aliphatic heterocycles. The number of carbonyl (C=O) groups is 3. The maximum Gasteiger partial charge on any atom is 0.470 e. The first kappa shape index (κ1) is 58.4. The van der Waals surface area contributed by atoms with Crippen molar-refractivity contribution in [2.45, 2.75) is 276 Å². The Balaban J connectivity index is 2.95. The van der Waals surface area contributed by atoms with Crippen molar-refractivity contribution < 1.29 is 62.8 Å². The first-order valence-electron chi connectivity index (χ1n) is 24.9. The molecule has 0 saturated carbocycles. The zero-order chi connectivity index (χ0) is 45.9. The van der Waals surface area contributed by atoms with E-state index in [4.69, 9.17) is 18.7 Å². The van der Waals surface area contributed by atoms with Crippen LogP contribution in [0.25, 0.3) is 0 Å². The van der Waals surface area contributed by atoms with Crippen molar-refractivity contribution in [3.05, 3.63) is 0 Å². The molecule has 0 unspecified atom stereocenters. The summed E-state index contributed by atoms with van der Waals surface area (Å²) in [6.07, 6.45) is 22.2. The van der Waals surface area contributed by atoms with E-state index in [2.05, 4.69) is 26.1 Å². The monoisotopic (exact) mass is 908 g/mol. The molecule has 1 aliphatic rings. The van der Waals surface area contributed by atoms with E-state index in [1.165, 1.54) is 96.3 Å². The van der Waals surface area contributed by atoms with Gasteiger partial charge in [-0.3, -0.25) is 18.9 Å². The van der Waals surface area contributed by atoms with Gasteiger partial charge in [-0.15, -0.1) is 0 Å². The van der Waals surface area contributed by atoms with Gasteiger partial charge >= 0.3 is 19.8 Å². The van der Waals surface area contributed by atoms with E-state index in [0.29, 0.717) is 25.7 Å². The summed E-state index contributed by atoms with van der Waals surface area (Å²) in [5, 5.41) is 34.2. The van der Waals surface area contributed by atoms with Crippen molar-refractivity contribution in [1.82, 2.24) is 5.32 Å². The second-order valence-corrected chi connectivity index (χ2v) is 18.9. The summed E-state index contributed by atoms with van der Waals surface area (Å²) in [4.78, 5) is 59.5. The van der Waals surface area contributed by atoms with Crippen LogP contribution < -0.4 is 5.32 Å². The number of phosphoric ester groups is 1. The van der Waals surface area contributed by atoms with E-state index in [0.717, 1.165) is 70.6 Å². The first-order chi connectivity index (χ1) is 29.8. The highest BCUT2D eigenvalue weighted by molar-refractivity contribution is 7.46. The van der Waals surface area contributed by atoms with E-state index in [9.17, 15) is 44.1 Å². The highest BCUT2D eigenvalue weighted by atomic mass is 31.2. The zero-order valence-corrected chi connectivity index (χ0v) is 39.9. The molecule has 366 valence electrons. The Morgan fingerprint density at radius 1 is 0.613 bits per heavy atom. The fraction of sp³-hybridized carbons (Fsp3) is 0.936. The second-order valence-electron chi connectivity index (χ2n) is 17.7. The molecule has 6 N–H and O–H groups in total. The summed E-state index contributed by atoms with van der Waals surface area (Å²) in [6, 6.07) is -1.58. The third-order valence-electron chi connectivity index (χ3n) is 11.8. The lowest BCUT2D eigenvalue weighted by Crippen LogP contribution is -2.65. The van der Waals surface area contributed by atoms with Gasteiger partial charge in [-0.2, -0.15) is 0 Å². The molecule has 0 bridgehead atoms. The van der Waals surface area contributed by atoms with Crippen LogP contribution in [-0.2, 0) is 37.7 Å². The Morgan fingerprint density at radius 3 is 1.50 bits per heavy atom. The number of hydrogen-bond donors (Lipinski definition) is 6. The van der Waals surface area contributed by atoms with Gasteiger partial charge in [0.25, 0.3) is 0 Å². The molecule has 0 aromatic heterocycles. The van der Waals surface area contributed by atoms with Gasteiger partial charge in [-0.05, 0) is 25.7 Å². The van der Waals surface area contributed by atoms with E-state index in [-0.39, 0.29) is 12.8 Å². The number of phosphoric acid groups is 1. The standard InChI is InChI=1S/C47H90NO13P/c1-4-7-10-13-16-19-22-25-28-31-34-42(52)58-39(33-30-27-24-21-18-15-12-9-6-3)36-43(53)60-46-44(47(54)59-40(37-49)45(46)61-62(55,56)57)48-41(51)35-38(50)32-29-26-23-20-17-14-11-8-5-2/h38-40,44-47,49-50,54H,4-37H2,1-3H3,(H,48,51)(H2,55,56,57)/t38-,39-,40-,44-,45-,46-,47-/m1/s1. The van der Waals surface area contributed by atoms with E-state index in [1.807, 2.05) is 0 Å². The minimum atomic E-state index is -5.29. The number of esters is 2. The summed E-state index contributed by atoms with van der Waals surface area (Å²) in [5.74, 6) is -2.06. The lowest BCUT2D eigenvalue weighted by Gasteiger charge is -2.43. The van der Waals surface area contributed by atoms with Gasteiger partial charge in [0.1, 0.15) is 24.4 Å². The van der Waals surface area contributed by atoms with Crippen LogP contribution in [0, 0.1) is 0 Å². The third-order valence-corrected chi connectivity index (χ3v) is 12.3. The maximum absolute atomic E-state index is 13.7. The predicted molar refractivity (Wildman–Crippen MR) is 242 cm³/mol. The molecular formula is C47H90NO13P. The lowest BCUT2D eigenvalue weighted by molar-refractivity contribution is -0.256. The molecule has 0 aliphatic carbocycles. The number of aliphatic hydroxyl groups excluding tert-OH is 3. The van der Waals surface area contributed by atoms with Crippen molar-refractivity contribution >= 4 is 25.7 Å². The van der Waals surface area contributed by atoms with Crippen LogP contribution in [0.1, 0.15) is 233 Å². The highest BCUT2D eigenvalue weighted by Gasteiger charge is 2.51. The average Bonchev–Trinajstić information content (AvgIpc) is 3.21. The van der Waals surface area contributed by atoms with Gasteiger partial charge in [0.05, 0.1) is 25.6 Å². The van der Waals surface area contributed by atoms with Gasteiger partial charge in [0.15, 0.2) is 12.4 Å². The number of aliphatic hydroxyl groups is 3. The summed E-state index contributed by atoms with van der Waals surface area (Å²) in [7, 11) is -5.29. The quantitative estimate of drug-likeness (QED) is 0.0191. The molecule has 1 rings (SSSR count). The number of amides is 1. The van der Waals surface area contributed by atoms with E-state index < -0.39 is 81.5 Å². The molecule has 62 heavy (non-hydrogen) atoms. The molecule has 1 heterocycles. The third kappa shape index (κ3) is 30.5. The van der Waals surface area contributed by atoms with Crippen LogP contribution >= 0.6 is 7.82 Å². The molecule has 1 fully saturated rings. The Labute approximate surface area is 375 Å².